The first-order valence-electron chi connectivity index (χ1n) is 14.0. The second-order valence-corrected chi connectivity index (χ2v) is 10.1. The molecule has 0 heterocycles. The van der Waals surface area contributed by atoms with Crippen molar-refractivity contribution in [1.82, 2.24) is 0 Å². The minimum atomic E-state index is -5.90. The van der Waals surface area contributed by atoms with E-state index in [9.17, 15) is 62.3 Å². The number of carbonyl (C=O) groups is 2. The van der Waals surface area contributed by atoms with Crippen molar-refractivity contribution in [3.8, 4) is 28.7 Å². The zero-order chi connectivity index (χ0) is 39.1. The number of amides is 1. The highest BCUT2D eigenvalue weighted by Crippen LogP contribution is 2.41. The van der Waals surface area contributed by atoms with Crippen molar-refractivity contribution in [1.29, 1.82) is 0 Å². The number of nitrogens with one attached hydrogen (secondary N) is 1. The Morgan fingerprint density at radius 1 is 0.615 bits per heavy atom. The van der Waals surface area contributed by atoms with Gasteiger partial charge in [-0.05, 0) is 71.8 Å². The molecular formula is C32H23F12NO7. The second kappa shape index (κ2) is 16.2. The van der Waals surface area contributed by atoms with E-state index in [0.29, 0.717) is 0 Å². The van der Waals surface area contributed by atoms with Crippen LogP contribution in [0, 0.1) is 0 Å². The Balaban J connectivity index is 1.58. The van der Waals surface area contributed by atoms with E-state index in [-0.39, 0.29) is 22.6 Å². The van der Waals surface area contributed by atoms with Crippen molar-refractivity contribution >= 4 is 29.7 Å². The number of ether oxygens (including phenoxy) is 5. The van der Waals surface area contributed by atoms with Crippen LogP contribution in [0.3, 0.4) is 0 Å². The summed E-state index contributed by atoms with van der Waals surface area (Å²) in [4.78, 5) is 24.6. The Kier molecular flexibility index (Phi) is 12.7. The molecular weight excluding hydrogens is 738 g/mol. The SMILES string of the molecule is COc1cc(/C=C/C(=O)Nc2ccc(OC(=O)/C=C/c3ccc(OC(F)(F)[C@@H](F)C(F)(F)F)c(OC)c3)cc2)ccc1OC(F)(F)[C@H](F)C(F)(F)F. The number of benzene rings is 3. The van der Waals surface area contributed by atoms with Gasteiger partial charge in [-0.15, -0.1) is 0 Å². The van der Waals surface area contributed by atoms with Gasteiger partial charge < -0.3 is 29.0 Å². The first kappa shape index (κ1) is 40.9. The number of anilines is 1. The normalized spacial score (nSPS) is 13.8. The van der Waals surface area contributed by atoms with Crippen LogP contribution in [0.1, 0.15) is 11.1 Å². The smallest absolute Gasteiger partial charge is 0.439 e. The molecule has 0 unspecified atom stereocenters. The number of methoxy groups -OCH3 is 2. The molecule has 0 radical (unpaired) electrons. The predicted octanol–water partition coefficient (Wildman–Crippen LogP) is 8.72. The van der Waals surface area contributed by atoms with Gasteiger partial charge in [0.15, 0.2) is 23.0 Å². The summed E-state index contributed by atoms with van der Waals surface area (Å²) < 4.78 is 178. The maximum Gasteiger partial charge on any atom is 0.439 e. The fraction of sp³-hybridized carbons (Fsp3) is 0.250. The van der Waals surface area contributed by atoms with Crippen molar-refractivity contribution in [3.05, 3.63) is 83.9 Å². The van der Waals surface area contributed by atoms with Crippen LogP contribution in [0.5, 0.6) is 28.7 Å². The number of hydrogen-bond acceptors (Lipinski definition) is 7. The Labute approximate surface area is 285 Å². The molecule has 0 bridgehead atoms. The molecule has 2 atom stereocenters. The highest BCUT2D eigenvalue weighted by molar-refractivity contribution is 6.02. The molecule has 0 aromatic heterocycles. The van der Waals surface area contributed by atoms with Crippen molar-refractivity contribution in [2.45, 2.75) is 36.9 Å². The summed E-state index contributed by atoms with van der Waals surface area (Å²) in [5, 5.41) is 2.45. The third kappa shape index (κ3) is 11.2. The van der Waals surface area contributed by atoms with Crippen molar-refractivity contribution < 1.29 is 86.0 Å². The van der Waals surface area contributed by atoms with E-state index >= 15 is 0 Å². The van der Waals surface area contributed by atoms with Gasteiger partial charge in [-0.1, -0.05) is 12.1 Å². The molecule has 8 nitrogen and oxygen atoms in total. The summed E-state index contributed by atoms with van der Waals surface area (Å²) in [5.74, 6) is -4.50. The fourth-order valence-corrected chi connectivity index (χ4v) is 3.80. The molecule has 1 N–H and O–H groups in total. The number of esters is 1. The molecule has 52 heavy (non-hydrogen) atoms. The molecule has 3 aromatic rings. The van der Waals surface area contributed by atoms with Gasteiger partial charge in [0, 0.05) is 17.8 Å². The van der Waals surface area contributed by atoms with Crippen LogP contribution in [0.4, 0.5) is 58.4 Å². The number of hydrogen-bond donors (Lipinski definition) is 1. The highest BCUT2D eigenvalue weighted by Gasteiger charge is 2.60. The molecule has 3 aromatic carbocycles. The number of carbonyl (C=O) groups excluding carboxylic acids is 2. The first-order chi connectivity index (χ1) is 24.1. The highest BCUT2D eigenvalue weighted by atomic mass is 19.4. The van der Waals surface area contributed by atoms with Crippen LogP contribution in [0.15, 0.2) is 72.8 Å². The Bertz CT molecular complexity index is 1650. The molecule has 0 spiro atoms. The van der Waals surface area contributed by atoms with Crippen LogP contribution in [-0.2, 0) is 9.59 Å². The number of rotatable bonds is 14. The average Bonchev–Trinajstić information content (AvgIpc) is 3.06. The largest absolute Gasteiger partial charge is 0.493 e. The summed E-state index contributed by atoms with van der Waals surface area (Å²) in [7, 11) is 1.96. The summed E-state index contributed by atoms with van der Waals surface area (Å²) in [6.07, 6.45) is -27.4. The summed E-state index contributed by atoms with van der Waals surface area (Å²) in [5.41, 5.74) is 0.461. The van der Waals surface area contributed by atoms with Crippen LogP contribution in [0.25, 0.3) is 12.2 Å². The van der Waals surface area contributed by atoms with Gasteiger partial charge in [0.2, 0.25) is 5.91 Å². The summed E-state index contributed by atoms with van der Waals surface area (Å²) >= 11 is 0. The van der Waals surface area contributed by atoms with Crippen molar-refractivity contribution in [2.75, 3.05) is 19.5 Å². The lowest BCUT2D eigenvalue weighted by atomic mass is 10.2. The zero-order valence-corrected chi connectivity index (χ0v) is 26.1. The second-order valence-electron chi connectivity index (χ2n) is 10.1. The van der Waals surface area contributed by atoms with E-state index in [1.165, 1.54) is 30.3 Å². The molecule has 282 valence electrons. The molecule has 1 amide bonds. The van der Waals surface area contributed by atoms with Crippen molar-refractivity contribution in [2.24, 2.45) is 0 Å². The van der Waals surface area contributed by atoms with E-state index in [1.807, 2.05) is 0 Å². The topological polar surface area (TPSA) is 92.3 Å². The van der Waals surface area contributed by atoms with Crippen LogP contribution in [-0.4, -0.2) is 63.0 Å². The molecule has 0 saturated carbocycles. The number of halogens is 12. The third-order valence-corrected chi connectivity index (χ3v) is 6.21. The maximum atomic E-state index is 13.7. The quantitative estimate of drug-likeness (QED) is 0.0761. The molecule has 0 aliphatic carbocycles. The van der Waals surface area contributed by atoms with Gasteiger partial charge in [-0.25, -0.2) is 13.6 Å². The van der Waals surface area contributed by atoms with Gasteiger partial charge in [0.25, 0.3) is 12.3 Å². The average molecular weight is 762 g/mol. The van der Waals surface area contributed by atoms with Gasteiger partial charge >= 0.3 is 30.5 Å². The van der Waals surface area contributed by atoms with Gasteiger partial charge in [0.05, 0.1) is 14.2 Å². The van der Waals surface area contributed by atoms with Crippen LogP contribution >= 0.6 is 0 Å². The van der Waals surface area contributed by atoms with E-state index in [0.717, 1.165) is 68.8 Å². The first-order valence-corrected chi connectivity index (χ1v) is 14.0. The van der Waals surface area contributed by atoms with E-state index in [4.69, 9.17) is 14.2 Å². The monoisotopic (exact) mass is 761 g/mol. The maximum absolute atomic E-state index is 13.7. The Hall–Kier alpha value is -5.56. The minimum Gasteiger partial charge on any atom is -0.493 e. The minimum absolute atomic E-state index is 0.00788. The van der Waals surface area contributed by atoms with Gasteiger partial charge in [-0.2, -0.15) is 43.9 Å². The Morgan fingerprint density at radius 3 is 1.44 bits per heavy atom. The molecule has 0 saturated heterocycles. The molecule has 0 aliphatic heterocycles. The number of alkyl halides is 12. The van der Waals surface area contributed by atoms with Gasteiger partial charge in [-0.3, -0.25) is 4.79 Å². The van der Waals surface area contributed by atoms with Gasteiger partial charge in [0.1, 0.15) is 5.75 Å². The lowest BCUT2D eigenvalue weighted by Gasteiger charge is -2.24. The summed E-state index contributed by atoms with van der Waals surface area (Å²) in [6, 6.07) is 10.9. The van der Waals surface area contributed by atoms with E-state index in [2.05, 4.69) is 14.8 Å². The molecule has 3 rings (SSSR count). The Morgan fingerprint density at radius 2 is 1.04 bits per heavy atom. The fourth-order valence-electron chi connectivity index (χ4n) is 3.80. The molecule has 20 heteroatoms. The van der Waals surface area contributed by atoms with E-state index < -0.39 is 71.8 Å². The standard InChI is InChI=1S/C32H23F12NO7/c1-48-23-15-17(3-11-21(23)51-31(41,42)27(33)29(35,36)37)5-13-25(46)45-19-7-9-20(10-8-19)50-26(47)14-6-18-4-12-22(24(16-18)49-2)52-32(43,44)28(34)30(38,39)40/h3-16,27-28H,1-2H3,(H,45,46)/b13-5+,14-6+/t27-,28+/m1/s1. The zero-order valence-electron chi connectivity index (χ0n) is 26.1. The summed E-state index contributed by atoms with van der Waals surface area (Å²) in [6.45, 7) is 0. The van der Waals surface area contributed by atoms with Crippen LogP contribution < -0.4 is 29.0 Å². The third-order valence-electron chi connectivity index (χ3n) is 6.21. The van der Waals surface area contributed by atoms with Crippen molar-refractivity contribution in [3.63, 3.8) is 0 Å². The lowest BCUT2D eigenvalue weighted by Crippen LogP contribution is -2.45. The van der Waals surface area contributed by atoms with E-state index in [1.54, 1.807) is 0 Å². The predicted molar refractivity (Wildman–Crippen MR) is 158 cm³/mol. The molecule has 0 fully saturated rings. The lowest BCUT2D eigenvalue weighted by molar-refractivity contribution is -0.306. The van der Waals surface area contributed by atoms with Crippen LogP contribution in [0.2, 0.25) is 0 Å². The molecule has 0 aliphatic rings.